The van der Waals surface area contributed by atoms with E-state index in [4.69, 9.17) is 0 Å². The zero-order chi connectivity index (χ0) is 16.5. The van der Waals surface area contributed by atoms with E-state index in [-0.39, 0.29) is 6.04 Å². The fourth-order valence-electron chi connectivity index (χ4n) is 3.38. The Balaban J connectivity index is 1.55. The summed E-state index contributed by atoms with van der Waals surface area (Å²) in [7, 11) is 0. The van der Waals surface area contributed by atoms with Gasteiger partial charge < -0.3 is 10.4 Å². The molecule has 2 aromatic heterocycles. The summed E-state index contributed by atoms with van der Waals surface area (Å²) < 4.78 is 0. The molecule has 3 aromatic rings. The highest BCUT2D eigenvalue weighted by atomic mass is 32.1. The first-order chi connectivity index (χ1) is 11.7. The van der Waals surface area contributed by atoms with Gasteiger partial charge in [0.2, 0.25) is 0 Å². The lowest BCUT2D eigenvalue weighted by Gasteiger charge is -2.21. The summed E-state index contributed by atoms with van der Waals surface area (Å²) in [5.41, 5.74) is 2.55. The van der Waals surface area contributed by atoms with E-state index < -0.39 is 6.10 Å². The predicted octanol–water partition coefficient (Wildman–Crippen LogP) is 3.58. The van der Waals surface area contributed by atoms with Crippen LogP contribution in [0.5, 0.6) is 0 Å². The van der Waals surface area contributed by atoms with E-state index in [1.54, 1.807) is 17.7 Å². The molecule has 4 nitrogen and oxygen atoms in total. The van der Waals surface area contributed by atoms with Crippen LogP contribution in [0.15, 0.2) is 36.7 Å². The summed E-state index contributed by atoms with van der Waals surface area (Å²) in [5.74, 6) is 0.860. The van der Waals surface area contributed by atoms with Crippen LogP contribution in [0.3, 0.4) is 0 Å². The maximum atomic E-state index is 10.5. The lowest BCUT2D eigenvalue weighted by atomic mass is 10.0. The lowest BCUT2D eigenvalue weighted by Crippen LogP contribution is -2.32. The van der Waals surface area contributed by atoms with E-state index in [1.807, 2.05) is 37.3 Å². The topological polar surface area (TPSA) is 58.0 Å². The molecule has 124 valence electrons. The molecule has 1 aliphatic carbocycles. The van der Waals surface area contributed by atoms with E-state index in [2.05, 4.69) is 15.3 Å². The Bertz CT molecular complexity index is 846. The first kappa shape index (κ1) is 15.5. The summed E-state index contributed by atoms with van der Waals surface area (Å²) in [6, 6.07) is 10.0. The monoisotopic (exact) mass is 339 g/mol. The molecule has 0 amide bonds. The van der Waals surface area contributed by atoms with Crippen molar-refractivity contribution in [3.05, 3.63) is 52.7 Å². The van der Waals surface area contributed by atoms with Crippen molar-refractivity contribution >= 4 is 27.4 Å². The van der Waals surface area contributed by atoms with Gasteiger partial charge in [0.1, 0.15) is 17.0 Å². The molecule has 0 bridgehead atoms. The molecule has 4 rings (SSSR count). The van der Waals surface area contributed by atoms with Crippen molar-refractivity contribution in [2.45, 2.75) is 44.8 Å². The molecular formula is C19H21N3OS. The van der Waals surface area contributed by atoms with Gasteiger partial charge in [-0.1, -0.05) is 30.3 Å². The van der Waals surface area contributed by atoms with Crippen molar-refractivity contribution in [1.29, 1.82) is 0 Å². The average Bonchev–Trinajstić information content (AvgIpc) is 3.16. The SMILES string of the molecule is CC(Nc1ncnc2sc3c(c12)CCC3)C(O)Cc1ccccc1. The number of aromatic nitrogens is 2. The van der Waals surface area contributed by atoms with Crippen LogP contribution in [0, 0.1) is 0 Å². The molecule has 2 atom stereocenters. The number of nitrogens with one attached hydrogen (secondary N) is 1. The van der Waals surface area contributed by atoms with E-state index in [1.165, 1.54) is 16.9 Å². The van der Waals surface area contributed by atoms with Gasteiger partial charge in [-0.15, -0.1) is 11.3 Å². The van der Waals surface area contributed by atoms with Crippen LogP contribution in [0.1, 0.15) is 29.3 Å². The fourth-order valence-corrected chi connectivity index (χ4v) is 4.61. The molecule has 0 aliphatic heterocycles. The van der Waals surface area contributed by atoms with Crippen LogP contribution < -0.4 is 5.32 Å². The first-order valence-electron chi connectivity index (χ1n) is 8.46. The van der Waals surface area contributed by atoms with Gasteiger partial charge in [0, 0.05) is 11.3 Å². The van der Waals surface area contributed by atoms with Crippen LogP contribution in [0.2, 0.25) is 0 Å². The van der Waals surface area contributed by atoms with Crippen LogP contribution in [0.25, 0.3) is 10.2 Å². The van der Waals surface area contributed by atoms with Crippen LogP contribution >= 0.6 is 11.3 Å². The second-order valence-electron chi connectivity index (χ2n) is 6.45. The number of anilines is 1. The second-order valence-corrected chi connectivity index (χ2v) is 7.53. The number of fused-ring (bicyclic) bond motifs is 3. The molecule has 2 N–H and O–H groups in total. The Morgan fingerprint density at radius 3 is 2.88 bits per heavy atom. The Morgan fingerprint density at radius 2 is 2.04 bits per heavy atom. The summed E-state index contributed by atoms with van der Waals surface area (Å²) in [6.07, 6.45) is 5.26. The normalized spacial score (nSPS) is 16.1. The number of thiophene rings is 1. The number of aryl methyl sites for hydroxylation is 2. The Morgan fingerprint density at radius 1 is 1.21 bits per heavy atom. The largest absolute Gasteiger partial charge is 0.391 e. The number of benzene rings is 1. The van der Waals surface area contributed by atoms with E-state index in [0.29, 0.717) is 6.42 Å². The van der Waals surface area contributed by atoms with Gasteiger partial charge in [0.25, 0.3) is 0 Å². The van der Waals surface area contributed by atoms with Crippen LogP contribution in [0.4, 0.5) is 5.82 Å². The first-order valence-corrected chi connectivity index (χ1v) is 9.28. The van der Waals surface area contributed by atoms with Crippen molar-refractivity contribution < 1.29 is 5.11 Å². The number of rotatable bonds is 5. The standard InChI is InChI=1S/C19H21N3OS/c1-12(15(23)10-13-6-3-2-4-7-13)22-18-17-14-8-5-9-16(14)24-19(17)21-11-20-18/h2-4,6-7,11-12,15,23H,5,8-10H2,1H3,(H,20,21,22). The summed E-state index contributed by atoms with van der Waals surface area (Å²) in [5, 5.41) is 15.1. The van der Waals surface area contributed by atoms with E-state index in [9.17, 15) is 5.11 Å². The number of hydrogen-bond donors (Lipinski definition) is 2. The fraction of sp³-hybridized carbons (Fsp3) is 0.368. The van der Waals surface area contributed by atoms with Gasteiger partial charge in [-0.3, -0.25) is 0 Å². The highest BCUT2D eigenvalue weighted by Gasteiger charge is 2.23. The molecular weight excluding hydrogens is 318 g/mol. The molecule has 5 heteroatoms. The molecule has 0 radical (unpaired) electrons. The molecule has 1 aliphatic rings. The maximum Gasteiger partial charge on any atom is 0.138 e. The minimum absolute atomic E-state index is 0.0831. The van der Waals surface area contributed by atoms with Crippen LogP contribution in [-0.2, 0) is 19.3 Å². The second kappa shape index (κ2) is 6.49. The minimum atomic E-state index is -0.468. The minimum Gasteiger partial charge on any atom is -0.391 e. The summed E-state index contributed by atoms with van der Waals surface area (Å²) in [6.45, 7) is 2.01. The predicted molar refractivity (Wildman–Crippen MR) is 98.7 cm³/mol. The maximum absolute atomic E-state index is 10.5. The van der Waals surface area contributed by atoms with Gasteiger partial charge in [-0.05, 0) is 37.3 Å². The van der Waals surface area contributed by atoms with Crippen molar-refractivity contribution in [1.82, 2.24) is 9.97 Å². The Hall–Kier alpha value is -1.98. The van der Waals surface area contributed by atoms with Gasteiger partial charge in [0.05, 0.1) is 17.5 Å². The van der Waals surface area contributed by atoms with Crippen molar-refractivity contribution in [2.75, 3.05) is 5.32 Å². The Labute approximate surface area is 145 Å². The van der Waals surface area contributed by atoms with Crippen molar-refractivity contribution in [2.24, 2.45) is 0 Å². The third-order valence-corrected chi connectivity index (χ3v) is 5.93. The average molecular weight is 339 g/mol. The molecule has 0 saturated heterocycles. The van der Waals surface area contributed by atoms with Crippen molar-refractivity contribution in [3.8, 4) is 0 Å². The highest BCUT2D eigenvalue weighted by Crippen LogP contribution is 2.39. The quantitative estimate of drug-likeness (QED) is 0.746. The van der Waals surface area contributed by atoms with Crippen LogP contribution in [-0.4, -0.2) is 27.2 Å². The molecule has 2 unspecified atom stereocenters. The molecule has 24 heavy (non-hydrogen) atoms. The molecule has 1 aromatic carbocycles. The number of nitrogens with zero attached hydrogens (tertiary/aromatic N) is 2. The number of aliphatic hydroxyl groups excluding tert-OH is 1. The summed E-state index contributed by atoms with van der Waals surface area (Å²) >= 11 is 1.79. The molecule has 0 spiro atoms. The number of aliphatic hydroxyl groups is 1. The Kier molecular flexibility index (Phi) is 4.21. The van der Waals surface area contributed by atoms with E-state index in [0.717, 1.165) is 34.4 Å². The highest BCUT2D eigenvalue weighted by molar-refractivity contribution is 7.19. The van der Waals surface area contributed by atoms with Gasteiger partial charge in [-0.2, -0.15) is 0 Å². The smallest absolute Gasteiger partial charge is 0.138 e. The van der Waals surface area contributed by atoms with Gasteiger partial charge in [0.15, 0.2) is 0 Å². The van der Waals surface area contributed by atoms with Gasteiger partial charge in [-0.25, -0.2) is 9.97 Å². The number of hydrogen-bond acceptors (Lipinski definition) is 5. The van der Waals surface area contributed by atoms with Crippen molar-refractivity contribution in [3.63, 3.8) is 0 Å². The zero-order valence-corrected chi connectivity index (χ0v) is 14.5. The van der Waals surface area contributed by atoms with E-state index >= 15 is 0 Å². The zero-order valence-electron chi connectivity index (χ0n) is 13.7. The molecule has 2 heterocycles. The molecule has 0 fully saturated rings. The lowest BCUT2D eigenvalue weighted by molar-refractivity contribution is 0.158. The van der Waals surface area contributed by atoms with Gasteiger partial charge >= 0.3 is 0 Å². The third kappa shape index (κ3) is 2.89. The molecule has 0 saturated carbocycles. The summed E-state index contributed by atoms with van der Waals surface area (Å²) in [4.78, 5) is 11.4. The third-order valence-electron chi connectivity index (χ3n) is 4.73.